The molecule has 2 atom stereocenters. The molecule has 4 nitrogen and oxygen atoms in total. The Bertz CT molecular complexity index is 1330. The maximum atomic E-state index is 12.5. The Labute approximate surface area is 455 Å². The molecule has 0 aliphatic carbocycles. The van der Waals surface area contributed by atoms with Crippen LogP contribution in [0.5, 0.6) is 0 Å². The number of amides is 1. The molecule has 0 aliphatic rings. The molecular formula is C69H123NO3. The summed E-state index contributed by atoms with van der Waals surface area (Å²) in [4.78, 5) is 12.5. The van der Waals surface area contributed by atoms with E-state index in [1.165, 1.54) is 225 Å². The molecule has 3 N–H and O–H groups in total. The summed E-state index contributed by atoms with van der Waals surface area (Å²) in [6, 6.07) is -0.631. The molecule has 0 fully saturated rings. The first kappa shape index (κ1) is 70.3. The molecule has 0 saturated heterocycles. The molecule has 0 aromatic heterocycles. The molecule has 0 aromatic rings. The molecule has 0 aliphatic heterocycles. The molecule has 422 valence electrons. The summed E-state index contributed by atoms with van der Waals surface area (Å²) in [5.41, 5.74) is 0. The second-order valence-corrected chi connectivity index (χ2v) is 21.5. The highest BCUT2D eigenvalue weighted by atomic mass is 16.3. The van der Waals surface area contributed by atoms with Crippen LogP contribution in [0.3, 0.4) is 0 Å². The van der Waals surface area contributed by atoms with Crippen molar-refractivity contribution in [1.82, 2.24) is 5.32 Å². The van der Waals surface area contributed by atoms with Crippen LogP contribution in [0.15, 0.2) is 97.2 Å². The van der Waals surface area contributed by atoms with E-state index in [0.29, 0.717) is 6.42 Å². The van der Waals surface area contributed by atoms with Crippen molar-refractivity contribution in [3.8, 4) is 0 Å². The van der Waals surface area contributed by atoms with Crippen LogP contribution in [0, 0.1) is 0 Å². The largest absolute Gasteiger partial charge is 0.394 e. The van der Waals surface area contributed by atoms with Crippen LogP contribution in [0.2, 0.25) is 0 Å². The predicted molar refractivity (Wildman–Crippen MR) is 326 cm³/mol. The van der Waals surface area contributed by atoms with Crippen LogP contribution in [0.4, 0.5) is 0 Å². The number of rotatable bonds is 58. The minimum absolute atomic E-state index is 0.0673. The smallest absolute Gasteiger partial charge is 0.220 e. The maximum Gasteiger partial charge on any atom is 0.220 e. The van der Waals surface area contributed by atoms with Gasteiger partial charge in [0.25, 0.3) is 0 Å². The third kappa shape index (κ3) is 60.1. The lowest BCUT2D eigenvalue weighted by molar-refractivity contribution is -0.123. The molecule has 0 bridgehead atoms. The van der Waals surface area contributed by atoms with Gasteiger partial charge >= 0.3 is 0 Å². The molecule has 73 heavy (non-hydrogen) atoms. The monoisotopic (exact) mass is 1010 g/mol. The molecule has 0 spiro atoms. The quantitative estimate of drug-likeness (QED) is 0.0420. The van der Waals surface area contributed by atoms with Crippen molar-refractivity contribution in [2.24, 2.45) is 0 Å². The van der Waals surface area contributed by atoms with Gasteiger partial charge in [0, 0.05) is 6.42 Å². The van der Waals surface area contributed by atoms with Crippen molar-refractivity contribution >= 4 is 5.91 Å². The summed E-state index contributed by atoms with van der Waals surface area (Å²) in [5, 5.41) is 23.3. The number of unbranched alkanes of at least 4 members (excludes halogenated alkanes) is 37. The first-order valence-corrected chi connectivity index (χ1v) is 32.0. The van der Waals surface area contributed by atoms with E-state index in [-0.39, 0.29) is 12.5 Å². The Balaban J connectivity index is 3.53. The van der Waals surface area contributed by atoms with Gasteiger partial charge in [0.1, 0.15) is 0 Å². The first-order valence-electron chi connectivity index (χ1n) is 32.0. The summed E-state index contributed by atoms with van der Waals surface area (Å²) in [5.74, 6) is -0.0673. The average molecular weight is 1010 g/mol. The molecule has 0 heterocycles. The Morgan fingerprint density at radius 3 is 0.904 bits per heavy atom. The number of allylic oxidation sites excluding steroid dienone is 15. The van der Waals surface area contributed by atoms with Crippen LogP contribution in [-0.2, 0) is 4.79 Å². The molecular weight excluding hydrogens is 891 g/mol. The van der Waals surface area contributed by atoms with Crippen molar-refractivity contribution in [3.05, 3.63) is 97.2 Å². The second kappa shape index (κ2) is 63.6. The van der Waals surface area contributed by atoms with Crippen molar-refractivity contribution in [2.45, 2.75) is 328 Å². The van der Waals surface area contributed by atoms with Crippen LogP contribution >= 0.6 is 0 Å². The van der Waals surface area contributed by atoms with Crippen LogP contribution in [-0.4, -0.2) is 34.9 Å². The number of carbonyl (C=O) groups excluding carboxylic acids is 1. The van der Waals surface area contributed by atoms with Crippen LogP contribution in [0.1, 0.15) is 316 Å². The molecule has 2 unspecified atom stereocenters. The molecule has 0 saturated carbocycles. The number of hydrogen-bond donors (Lipinski definition) is 3. The first-order chi connectivity index (χ1) is 36.2. The zero-order valence-corrected chi connectivity index (χ0v) is 48.6. The van der Waals surface area contributed by atoms with Gasteiger partial charge in [-0.25, -0.2) is 0 Å². The zero-order valence-electron chi connectivity index (χ0n) is 48.6. The summed E-state index contributed by atoms with van der Waals surface area (Å²) >= 11 is 0. The Morgan fingerprint density at radius 2 is 0.603 bits per heavy atom. The number of hydrogen-bond acceptors (Lipinski definition) is 3. The van der Waals surface area contributed by atoms with Crippen molar-refractivity contribution < 1.29 is 15.0 Å². The van der Waals surface area contributed by atoms with Crippen LogP contribution < -0.4 is 5.32 Å². The standard InChI is InChI=1S/C69H123NO3/c1-3-5-7-9-11-13-15-17-19-21-23-25-27-29-31-33-34-35-36-37-39-41-43-45-47-49-51-53-55-57-59-61-63-65-69(73)70-67(66-71)68(72)64-62-60-58-56-54-52-50-48-46-44-42-40-38-32-30-28-26-24-22-20-18-16-14-12-10-8-6-4-2/h5,7,11,13,17,19,23,25,29,31,34-35,37,39,62,64,67-68,71-72H,3-4,6,8-10,12,14-16,18,20-22,24,26-28,30,32-33,36,38,40-61,63,65-66H2,1-2H3,(H,70,73)/b7-5-,13-11-,19-17-,25-23-,31-29-,35-34-,39-37-,64-62+. The molecule has 1 amide bonds. The Morgan fingerprint density at radius 1 is 0.342 bits per heavy atom. The van der Waals surface area contributed by atoms with E-state index in [4.69, 9.17) is 0 Å². The lowest BCUT2D eigenvalue weighted by atomic mass is 10.0. The van der Waals surface area contributed by atoms with E-state index in [2.05, 4.69) is 104 Å². The fourth-order valence-electron chi connectivity index (χ4n) is 9.52. The molecule has 0 aromatic carbocycles. The third-order valence-corrected chi connectivity index (χ3v) is 14.3. The van der Waals surface area contributed by atoms with Crippen LogP contribution in [0.25, 0.3) is 0 Å². The highest BCUT2D eigenvalue weighted by Crippen LogP contribution is 2.17. The average Bonchev–Trinajstić information content (AvgIpc) is 3.40. The molecule has 4 heteroatoms. The maximum absolute atomic E-state index is 12.5. The van der Waals surface area contributed by atoms with Crippen molar-refractivity contribution in [1.29, 1.82) is 0 Å². The molecule has 0 rings (SSSR count). The van der Waals surface area contributed by atoms with E-state index in [1.54, 1.807) is 6.08 Å². The number of nitrogens with one attached hydrogen (secondary N) is 1. The van der Waals surface area contributed by atoms with Gasteiger partial charge in [-0.3, -0.25) is 4.79 Å². The SMILES string of the molecule is CC/C=C\C/C=C\C/C=C\C/C=C\C/C=C\C/C=C\C/C=C\CCCCCCCCCCCCCC(=O)NC(CO)C(O)/C=C/CCCCCCCCCCCCCCCCCCCCCCCCCCCC. The fraction of sp³-hybridized carbons (Fsp3) is 0.754. The summed E-state index contributed by atoms with van der Waals surface area (Å²) in [7, 11) is 0. The Hall–Kier alpha value is -2.69. The number of aliphatic hydroxyl groups is 2. The minimum atomic E-state index is -0.848. The second-order valence-electron chi connectivity index (χ2n) is 21.5. The highest BCUT2D eigenvalue weighted by molar-refractivity contribution is 5.76. The Kier molecular flexibility index (Phi) is 61.3. The lowest BCUT2D eigenvalue weighted by Crippen LogP contribution is -2.45. The van der Waals surface area contributed by atoms with Gasteiger partial charge in [0.15, 0.2) is 0 Å². The normalized spacial score (nSPS) is 13.4. The van der Waals surface area contributed by atoms with E-state index in [9.17, 15) is 15.0 Å². The molecule has 0 radical (unpaired) electrons. The lowest BCUT2D eigenvalue weighted by Gasteiger charge is -2.20. The summed E-state index contributed by atoms with van der Waals surface area (Å²) in [6.07, 6.45) is 94.5. The third-order valence-electron chi connectivity index (χ3n) is 14.3. The fourth-order valence-corrected chi connectivity index (χ4v) is 9.52. The predicted octanol–water partition coefficient (Wildman–Crippen LogP) is 21.6. The van der Waals surface area contributed by atoms with Gasteiger partial charge in [0.05, 0.1) is 18.8 Å². The van der Waals surface area contributed by atoms with Gasteiger partial charge in [-0.15, -0.1) is 0 Å². The van der Waals surface area contributed by atoms with E-state index in [0.717, 1.165) is 70.6 Å². The van der Waals surface area contributed by atoms with Crippen molar-refractivity contribution in [2.75, 3.05) is 6.61 Å². The van der Waals surface area contributed by atoms with E-state index < -0.39 is 12.1 Å². The van der Waals surface area contributed by atoms with Gasteiger partial charge in [-0.05, 0) is 77.0 Å². The van der Waals surface area contributed by atoms with Gasteiger partial charge < -0.3 is 15.5 Å². The van der Waals surface area contributed by atoms with E-state index in [1.807, 2.05) is 6.08 Å². The van der Waals surface area contributed by atoms with Gasteiger partial charge in [-0.1, -0.05) is 329 Å². The topological polar surface area (TPSA) is 69.6 Å². The summed E-state index contributed by atoms with van der Waals surface area (Å²) in [6.45, 7) is 4.22. The van der Waals surface area contributed by atoms with E-state index >= 15 is 0 Å². The number of aliphatic hydroxyl groups excluding tert-OH is 2. The number of carbonyl (C=O) groups is 1. The minimum Gasteiger partial charge on any atom is -0.394 e. The highest BCUT2D eigenvalue weighted by Gasteiger charge is 2.18. The zero-order chi connectivity index (χ0) is 52.7. The van der Waals surface area contributed by atoms with Gasteiger partial charge in [-0.2, -0.15) is 0 Å². The van der Waals surface area contributed by atoms with Crippen molar-refractivity contribution in [3.63, 3.8) is 0 Å². The summed E-state index contributed by atoms with van der Waals surface area (Å²) < 4.78 is 0. The van der Waals surface area contributed by atoms with Gasteiger partial charge in [0.2, 0.25) is 5.91 Å².